The SMILES string of the molecule is CC(C)c1ccc(/C=C2\SC(Nc3ccccc3)N([C@@H]3CCCC[C@H]3C)C2=O)cc1. The van der Waals surface area contributed by atoms with Gasteiger partial charge in [-0.05, 0) is 54.0 Å². The Morgan fingerprint density at radius 1 is 1.03 bits per heavy atom. The summed E-state index contributed by atoms with van der Waals surface area (Å²) in [4.78, 5) is 16.5. The summed E-state index contributed by atoms with van der Waals surface area (Å²) in [5.41, 5.74) is 3.40. The Morgan fingerprint density at radius 3 is 2.40 bits per heavy atom. The molecule has 2 aliphatic rings. The zero-order chi connectivity index (χ0) is 21.1. The molecule has 2 fully saturated rings. The van der Waals surface area contributed by atoms with Crippen molar-refractivity contribution in [2.75, 3.05) is 5.32 Å². The average molecular weight is 421 g/mol. The van der Waals surface area contributed by atoms with Crippen LogP contribution in [0.15, 0.2) is 59.5 Å². The van der Waals surface area contributed by atoms with Crippen LogP contribution in [-0.4, -0.2) is 22.3 Å². The van der Waals surface area contributed by atoms with Crippen LogP contribution in [0, 0.1) is 5.92 Å². The van der Waals surface area contributed by atoms with Gasteiger partial charge in [-0.15, -0.1) is 0 Å². The van der Waals surface area contributed by atoms with Gasteiger partial charge in [0, 0.05) is 11.7 Å². The Kier molecular flexibility index (Phi) is 6.52. The van der Waals surface area contributed by atoms with Crippen LogP contribution in [0.4, 0.5) is 5.69 Å². The summed E-state index contributed by atoms with van der Waals surface area (Å²) in [5.74, 6) is 1.21. The van der Waals surface area contributed by atoms with Gasteiger partial charge in [0.2, 0.25) is 0 Å². The third-order valence-corrected chi connectivity index (χ3v) is 7.44. The molecule has 1 amide bonds. The molecule has 2 aromatic rings. The lowest BCUT2D eigenvalue weighted by Gasteiger charge is -2.39. The molecule has 1 heterocycles. The van der Waals surface area contributed by atoms with Crippen molar-refractivity contribution in [2.24, 2.45) is 5.92 Å². The summed E-state index contributed by atoms with van der Waals surface area (Å²) in [6.07, 6.45) is 6.83. The van der Waals surface area contributed by atoms with E-state index in [4.69, 9.17) is 0 Å². The van der Waals surface area contributed by atoms with E-state index in [2.05, 4.69) is 73.5 Å². The Hall–Kier alpha value is -2.20. The first-order valence-electron chi connectivity index (χ1n) is 11.2. The lowest BCUT2D eigenvalue weighted by Crippen LogP contribution is -2.48. The number of carbonyl (C=O) groups is 1. The maximum atomic E-state index is 13.5. The van der Waals surface area contributed by atoms with E-state index >= 15 is 0 Å². The number of nitrogens with one attached hydrogen (secondary N) is 1. The maximum Gasteiger partial charge on any atom is 0.262 e. The van der Waals surface area contributed by atoms with Crippen molar-refractivity contribution in [3.05, 3.63) is 70.6 Å². The Labute approximate surface area is 184 Å². The highest BCUT2D eigenvalue weighted by Crippen LogP contribution is 2.42. The first kappa shape index (κ1) is 21.0. The van der Waals surface area contributed by atoms with Crippen molar-refractivity contribution in [1.82, 2.24) is 4.90 Å². The van der Waals surface area contributed by atoms with E-state index < -0.39 is 0 Å². The highest BCUT2D eigenvalue weighted by Gasteiger charge is 2.42. The summed E-state index contributed by atoms with van der Waals surface area (Å²) in [7, 11) is 0. The first-order valence-corrected chi connectivity index (χ1v) is 12.0. The third kappa shape index (κ3) is 4.59. The fourth-order valence-corrected chi connectivity index (χ4v) is 5.71. The number of nitrogens with zero attached hydrogens (tertiary/aromatic N) is 1. The van der Waals surface area contributed by atoms with Gasteiger partial charge >= 0.3 is 0 Å². The zero-order valence-electron chi connectivity index (χ0n) is 18.2. The topological polar surface area (TPSA) is 32.3 Å². The summed E-state index contributed by atoms with van der Waals surface area (Å²) >= 11 is 1.65. The van der Waals surface area contributed by atoms with Gasteiger partial charge in [-0.25, -0.2) is 0 Å². The molecule has 3 nitrogen and oxygen atoms in total. The molecule has 158 valence electrons. The molecule has 0 radical (unpaired) electrons. The van der Waals surface area contributed by atoms with Crippen LogP contribution >= 0.6 is 11.8 Å². The van der Waals surface area contributed by atoms with Crippen LogP contribution < -0.4 is 5.32 Å². The number of benzene rings is 2. The predicted octanol–water partition coefficient (Wildman–Crippen LogP) is 6.70. The Morgan fingerprint density at radius 2 is 1.73 bits per heavy atom. The van der Waals surface area contributed by atoms with Crippen LogP contribution in [0.1, 0.15) is 63.5 Å². The predicted molar refractivity (Wildman–Crippen MR) is 128 cm³/mol. The first-order chi connectivity index (χ1) is 14.5. The minimum absolute atomic E-state index is 0.0633. The molecule has 0 spiro atoms. The molecule has 1 unspecified atom stereocenters. The highest BCUT2D eigenvalue weighted by atomic mass is 32.2. The second-order valence-electron chi connectivity index (χ2n) is 8.85. The molecule has 1 aliphatic heterocycles. The van der Waals surface area contributed by atoms with Crippen LogP contribution in [0.2, 0.25) is 0 Å². The Balaban J connectivity index is 1.61. The van der Waals surface area contributed by atoms with Crippen molar-refractivity contribution in [3.8, 4) is 0 Å². The molecular weight excluding hydrogens is 388 g/mol. The number of hydrogen-bond donors (Lipinski definition) is 1. The van der Waals surface area contributed by atoms with Gasteiger partial charge in [-0.1, -0.05) is 87.8 Å². The van der Waals surface area contributed by atoms with Gasteiger partial charge in [0.25, 0.3) is 5.91 Å². The van der Waals surface area contributed by atoms with Crippen molar-refractivity contribution in [2.45, 2.75) is 63.9 Å². The molecule has 1 saturated carbocycles. The van der Waals surface area contributed by atoms with E-state index in [1.165, 1.54) is 24.8 Å². The molecule has 3 atom stereocenters. The van der Waals surface area contributed by atoms with E-state index in [1.54, 1.807) is 11.8 Å². The molecule has 4 heteroatoms. The largest absolute Gasteiger partial charge is 0.356 e. The fourth-order valence-electron chi connectivity index (χ4n) is 4.50. The number of amides is 1. The van der Waals surface area contributed by atoms with E-state index in [-0.39, 0.29) is 11.4 Å². The van der Waals surface area contributed by atoms with Gasteiger partial charge in [-0.2, -0.15) is 0 Å². The van der Waals surface area contributed by atoms with E-state index in [9.17, 15) is 4.79 Å². The Bertz CT molecular complexity index is 891. The van der Waals surface area contributed by atoms with E-state index in [0.717, 1.165) is 22.6 Å². The lowest BCUT2D eigenvalue weighted by molar-refractivity contribution is -0.129. The molecule has 1 aliphatic carbocycles. The van der Waals surface area contributed by atoms with Gasteiger partial charge in [0.15, 0.2) is 5.50 Å². The summed E-state index contributed by atoms with van der Waals surface area (Å²) in [6, 6.07) is 19.1. The maximum absolute atomic E-state index is 13.5. The third-order valence-electron chi connectivity index (χ3n) is 6.32. The van der Waals surface area contributed by atoms with Crippen LogP contribution in [-0.2, 0) is 4.79 Å². The summed E-state index contributed by atoms with van der Waals surface area (Å²) < 4.78 is 0. The monoisotopic (exact) mass is 420 g/mol. The number of anilines is 1. The van der Waals surface area contributed by atoms with Gasteiger partial charge in [0.05, 0.1) is 4.91 Å². The molecule has 1 N–H and O–H groups in total. The number of carbonyl (C=O) groups excluding carboxylic acids is 1. The van der Waals surface area contributed by atoms with Gasteiger partial charge in [-0.3, -0.25) is 4.79 Å². The quantitative estimate of drug-likeness (QED) is 0.546. The van der Waals surface area contributed by atoms with E-state index in [1.807, 2.05) is 18.2 Å². The minimum Gasteiger partial charge on any atom is -0.356 e. The van der Waals surface area contributed by atoms with Crippen molar-refractivity contribution >= 4 is 29.4 Å². The van der Waals surface area contributed by atoms with Crippen LogP contribution in [0.25, 0.3) is 6.08 Å². The standard InChI is InChI=1S/C26H32N2OS/c1-18(2)21-15-13-20(14-16-21)17-24-25(29)28(23-12-8-7-9-19(23)3)26(30-24)27-22-10-5-4-6-11-22/h4-6,10-11,13-19,23,26-27H,7-9,12H2,1-3H3/b24-17-/t19-,23-,26?/m1/s1. The normalized spacial score (nSPS) is 25.9. The van der Waals surface area contributed by atoms with Crippen molar-refractivity contribution in [3.63, 3.8) is 0 Å². The molecule has 0 bridgehead atoms. The zero-order valence-corrected chi connectivity index (χ0v) is 19.0. The molecule has 4 rings (SSSR count). The average Bonchev–Trinajstić information content (AvgIpc) is 3.04. The second kappa shape index (κ2) is 9.30. The molecule has 0 aromatic heterocycles. The smallest absolute Gasteiger partial charge is 0.262 e. The van der Waals surface area contributed by atoms with Crippen LogP contribution in [0.3, 0.4) is 0 Å². The fraction of sp³-hybridized carbons (Fsp3) is 0.423. The molecule has 1 saturated heterocycles. The lowest BCUT2D eigenvalue weighted by atomic mass is 9.85. The van der Waals surface area contributed by atoms with Crippen molar-refractivity contribution < 1.29 is 4.79 Å². The van der Waals surface area contributed by atoms with Crippen LogP contribution in [0.5, 0.6) is 0 Å². The number of hydrogen-bond acceptors (Lipinski definition) is 3. The summed E-state index contributed by atoms with van der Waals surface area (Å²) in [5, 5.41) is 3.61. The van der Waals surface area contributed by atoms with E-state index in [0.29, 0.717) is 17.9 Å². The minimum atomic E-state index is -0.0633. The molecule has 2 aromatic carbocycles. The number of thioether (sulfide) groups is 1. The second-order valence-corrected chi connectivity index (χ2v) is 9.97. The number of rotatable bonds is 5. The molecular formula is C26H32N2OS. The molecule has 30 heavy (non-hydrogen) atoms. The number of para-hydroxylation sites is 1. The van der Waals surface area contributed by atoms with Gasteiger partial charge < -0.3 is 10.2 Å². The van der Waals surface area contributed by atoms with Crippen molar-refractivity contribution in [1.29, 1.82) is 0 Å². The highest BCUT2D eigenvalue weighted by molar-refractivity contribution is 8.05. The summed E-state index contributed by atoms with van der Waals surface area (Å²) in [6.45, 7) is 6.70. The van der Waals surface area contributed by atoms with Gasteiger partial charge in [0.1, 0.15) is 0 Å².